The summed E-state index contributed by atoms with van der Waals surface area (Å²) in [4.78, 5) is 4.23. The van der Waals surface area contributed by atoms with Crippen LogP contribution in [0.1, 0.15) is 25.5 Å². The summed E-state index contributed by atoms with van der Waals surface area (Å²) in [5, 5.41) is 3.33. The van der Waals surface area contributed by atoms with Gasteiger partial charge in [0.05, 0.1) is 5.02 Å². The van der Waals surface area contributed by atoms with Gasteiger partial charge >= 0.3 is 0 Å². The van der Waals surface area contributed by atoms with Gasteiger partial charge in [-0.1, -0.05) is 24.6 Å². The number of ether oxygens (including phenoxy) is 1. The Balaban J connectivity index is 2.26. The molecule has 20 heavy (non-hydrogen) atoms. The fraction of sp³-hybridized carbons (Fsp3) is 0.267. The summed E-state index contributed by atoms with van der Waals surface area (Å²) in [5.41, 5.74) is 0.940. The van der Waals surface area contributed by atoms with Gasteiger partial charge in [0.25, 0.3) is 0 Å². The Kier molecular flexibility index (Phi) is 4.93. The third kappa shape index (κ3) is 3.46. The van der Waals surface area contributed by atoms with Gasteiger partial charge in [-0.2, -0.15) is 0 Å². The Morgan fingerprint density at radius 3 is 2.90 bits per heavy atom. The van der Waals surface area contributed by atoms with Gasteiger partial charge in [-0.05, 0) is 31.7 Å². The SMILES string of the molecule is CCNC(C)c1cccnc1Oc1ccc(F)c(Cl)c1. The first kappa shape index (κ1) is 14.8. The molecule has 1 heterocycles. The Hall–Kier alpha value is -1.65. The molecule has 2 rings (SSSR count). The fourth-order valence-electron chi connectivity index (χ4n) is 1.89. The van der Waals surface area contributed by atoms with E-state index in [0.29, 0.717) is 11.6 Å². The molecule has 1 aromatic heterocycles. The molecule has 0 saturated heterocycles. The normalized spacial score (nSPS) is 12.2. The summed E-state index contributed by atoms with van der Waals surface area (Å²) in [6.07, 6.45) is 1.66. The minimum absolute atomic E-state index is 0.0275. The zero-order valence-corrected chi connectivity index (χ0v) is 12.1. The van der Waals surface area contributed by atoms with E-state index in [-0.39, 0.29) is 11.1 Å². The number of hydrogen-bond donors (Lipinski definition) is 1. The third-order valence-electron chi connectivity index (χ3n) is 2.88. The largest absolute Gasteiger partial charge is 0.439 e. The summed E-state index contributed by atoms with van der Waals surface area (Å²) < 4.78 is 18.8. The van der Waals surface area contributed by atoms with Gasteiger partial charge < -0.3 is 10.1 Å². The molecule has 0 saturated carbocycles. The van der Waals surface area contributed by atoms with Crippen LogP contribution in [0.3, 0.4) is 0 Å². The van der Waals surface area contributed by atoms with Crippen molar-refractivity contribution in [3.63, 3.8) is 0 Å². The molecule has 3 nitrogen and oxygen atoms in total. The molecule has 0 aliphatic rings. The Labute approximate surface area is 122 Å². The number of rotatable bonds is 5. The molecule has 0 radical (unpaired) electrons. The third-order valence-corrected chi connectivity index (χ3v) is 3.17. The van der Waals surface area contributed by atoms with Crippen LogP contribution in [0.2, 0.25) is 5.02 Å². The molecule has 0 bridgehead atoms. The second-order valence-electron chi connectivity index (χ2n) is 4.36. The van der Waals surface area contributed by atoms with Crippen molar-refractivity contribution in [3.05, 3.63) is 52.9 Å². The average Bonchev–Trinajstić information content (AvgIpc) is 2.44. The smallest absolute Gasteiger partial charge is 0.223 e. The molecule has 1 N–H and O–H groups in total. The Morgan fingerprint density at radius 1 is 1.40 bits per heavy atom. The number of benzene rings is 1. The van der Waals surface area contributed by atoms with Gasteiger partial charge in [-0.15, -0.1) is 0 Å². The van der Waals surface area contributed by atoms with E-state index >= 15 is 0 Å². The summed E-state index contributed by atoms with van der Waals surface area (Å²) in [5.74, 6) is 0.477. The second kappa shape index (κ2) is 6.68. The van der Waals surface area contributed by atoms with E-state index in [9.17, 15) is 4.39 Å². The number of nitrogens with one attached hydrogen (secondary N) is 1. The Bertz CT molecular complexity index is 592. The highest BCUT2D eigenvalue weighted by Crippen LogP contribution is 2.29. The maximum atomic E-state index is 13.1. The van der Waals surface area contributed by atoms with Gasteiger partial charge in [-0.25, -0.2) is 9.37 Å². The van der Waals surface area contributed by atoms with Crippen LogP contribution >= 0.6 is 11.6 Å². The van der Waals surface area contributed by atoms with E-state index in [1.165, 1.54) is 18.2 Å². The lowest BCUT2D eigenvalue weighted by atomic mass is 10.1. The molecular formula is C15H16ClFN2O. The van der Waals surface area contributed by atoms with Crippen LogP contribution in [0.15, 0.2) is 36.5 Å². The molecule has 5 heteroatoms. The topological polar surface area (TPSA) is 34.2 Å². The average molecular weight is 295 g/mol. The molecule has 1 atom stereocenters. The van der Waals surface area contributed by atoms with Crippen LogP contribution < -0.4 is 10.1 Å². The van der Waals surface area contributed by atoms with Gasteiger partial charge in [0.15, 0.2) is 0 Å². The Morgan fingerprint density at radius 2 is 2.20 bits per heavy atom. The van der Waals surface area contributed by atoms with Crippen molar-refractivity contribution in [2.24, 2.45) is 0 Å². The van der Waals surface area contributed by atoms with E-state index in [1.807, 2.05) is 26.0 Å². The van der Waals surface area contributed by atoms with Crippen molar-refractivity contribution in [1.82, 2.24) is 10.3 Å². The van der Waals surface area contributed by atoms with Crippen molar-refractivity contribution in [2.45, 2.75) is 19.9 Å². The zero-order valence-electron chi connectivity index (χ0n) is 11.4. The quantitative estimate of drug-likeness (QED) is 0.891. The summed E-state index contributed by atoms with van der Waals surface area (Å²) in [7, 11) is 0. The monoisotopic (exact) mass is 294 g/mol. The highest BCUT2D eigenvalue weighted by molar-refractivity contribution is 6.30. The van der Waals surface area contributed by atoms with Crippen LogP contribution in [0.25, 0.3) is 0 Å². The van der Waals surface area contributed by atoms with Crippen LogP contribution in [0.4, 0.5) is 4.39 Å². The van der Waals surface area contributed by atoms with Gasteiger partial charge in [0, 0.05) is 23.9 Å². The highest BCUT2D eigenvalue weighted by Gasteiger charge is 2.13. The van der Waals surface area contributed by atoms with Crippen LogP contribution in [0.5, 0.6) is 11.6 Å². The lowest BCUT2D eigenvalue weighted by Crippen LogP contribution is -2.18. The first-order chi connectivity index (χ1) is 9.61. The number of hydrogen-bond acceptors (Lipinski definition) is 3. The summed E-state index contributed by atoms with van der Waals surface area (Å²) >= 11 is 5.74. The first-order valence-corrected chi connectivity index (χ1v) is 6.80. The molecular weight excluding hydrogens is 279 g/mol. The van der Waals surface area contributed by atoms with Crippen molar-refractivity contribution >= 4 is 11.6 Å². The number of halogens is 2. The molecule has 0 aliphatic carbocycles. The van der Waals surface area contributed by atoms with Crippen molar-refractivity contribution in [1.29, 1.82) is 0 Å². The predicted molar refractivity (Wildman–Crippen MR) is 77.8 cm³/mol. The number of aromatic nitrogens is 1. The number of pyridine rings is 1. The molecule has 106 valence electrons. The number of nitrogens with zero attached hydrogens (tertiary/aromatic N) is 1. The standard InChI is InChI=1S/C15H16ClFN2O/c1-3-18-10(2)12-5-4-8-19-15(12)20-11-6-7-14(17)13(16)9-11/h4-10,18H,3H2,1-2H3. The molecule has 0 fully saturated rings. The van der Waals surface area contributed by atoms with Gasteiger partial charge in [-0.3, -0.25) is 0 Å². The molecule has 2 aromatic rings. The van der Waals surface area contributed by atoms with Crippen molar-refractivity contribution in [2.75, 3.05) is 6.54 Å². The van der Waals surface area contributed by atoms with E-state index in [0.717, 1.165) is 12.1 Å². The van der Waals surface area contributed by atoms with Crippen molar-refractivity contribution in [3.8, 4) is 11.6 Å². The van der Waals surface area contributed by atoms with E-state index in [2.05, 4.69) is 10.3 Å². The minimum atomic E-state index is -0.471. The van der Waals surface area contributed by atoms with Crippen LogP contribution in [-0.2, 0) is 0 Å². The molecule has 1 aromatic carbocycles. The predicted octanol–water partition coefficient (Wildman–Crippen LogP) is 4.34. The first-order valence-electron chi connectivity index (χ1n) is 6.43. The lowest BCUT2D eigenvalue weighted by molar-refractivity contribution is 0.443. The maximum Gasteiger partial charge on any atom is 0.223 e. The van der Waals surface area contributed by atoms with Crippen LogP contribution in [-0.4, -0.2) is 11.5 Å². The van der Waals surface area contributed by atoms with Gasteiger partial charge in [0.2, 0.25) is 5.88 Å². The van der Waals surface area contributed by atoms with Crippen molar-refractivity contribution < 1.29 is 9.13 Å². The molecule has 0 amide bonds. The second-order valence-corrected chi connectivity index (χ2v) is 4.76. The highest BCUT2D eigenvalue weighted by atomic mass is 35.5. The maximum absolute atomic E-state index is 13.1. The lowest BCUT2D eigenvalue weighted by Gasteiger charge is -2.16. The molecule has 0 spiro atoms. The van der Waals surface area contributed by atoms with Crippen LogP contribution in [0, 0.1) is 5.82 Å². The van der Waals surface area contributed by atoms with E-state index < -0.39 is 5.82 Å². The minimum Gasteiger partial charge on any atom is -0.439 e. The van der Waals surface area contributed by atoms with E-state index in [4.69, 9.17) is 16.3 Å². The fourth-order valence-corrected chi connectivity index (χ4v) is 2.06. The molecule has 0 aliphatic heterocycles. The van der Waals surface area contributed by atoms with Gasteiger partial charge in [0.1, 0.15) is 11.6 Å². The zero-order chi connectivity index (χ0) is 14.5. The molecule has 1 unspecified atom stereocenters. The van der Waals surface area contributed by atoms with E-state index in [1.54, 1.807) is 6.20 Å². The summed E-state index contributed by atoms with van der Waals surface area (Å²) in [6, 6.07) is 8.15. The summed E-state index contributed by atoms with van der Waals surface area (Å²) in [6.45, 7) is 4.91.